The van der Waals surface area contributed by atoms with Crippen LogP contribution in [0, 0.1) is 0 Å². The van der Waals surface area contributed by atoms with Gasteiger partial charge in [-0.2, -0.15) is 0 Å². The summed E-state index contributed by atoms with van der Waals surface area (Å²) >= 11 is 0. The van der Waals surface area contributed by atoms with Crippen molar-refractivity contribution in [3.8, 4) is 11.5 Å². The molecule has 0 aliphatic carbocycles. The lowest BCUT2D eigenvalue weighted by molar-refractivity contribution is 0.0697. The number of ether oxygens (including phenoxy) is 2. The second kappa shape index (κ2) is 12.7. The SMILES string of the molecule is CC.CC.COc1ccc(NCc2ccc(C(=O)O)cc2)cc1OC. The molecule has 25 heavy (non-hydrogen) atoms. The van der Waals surface area contributed by atoms with E-state index in [1.807, 2.05) is 45.9 Å². The zero-order valence-electron chi connectivity index (χ0n) is 15.9. The Balaban J connectivity index is 0.00000134. The fraction of sp³-hybridized carbons (Fsp3) is 0.350. The van der Waals surface area contributed by atoms with Crippen LogP contribution in [0.2, 0.25) is 0 Å². The Kier molecular flexibility index (Phi) is 11.3. The third-order valence-corrected chi connectivity index (χ3v) is 3.08. The van der Waals surface area contributed by atoms with E-state index in [9.17, 15) is 4.79 Å². The Labute approximate surface area is 150 Å². The van der Waals surface area contributed by atoms with Crippen LogP contribution in [0.3, 0.4) is 0 Å². The molecule has 0 aliphatic heterocycles. The lowest BCUT2D eigenvalue weighted by atomic mass is 10.1. The minimum atomic E-state index is -0.922. The Hall–Kier alpha value is -2.69. The molecule has 0 amide bonds. The molecule has 2 N–H and O–H groups in total. The molecule has 0 atom stereocenters. The maximum Gasteiger partial charge on any atom is 0.335 e. The number of carboxylic acid groups (broad SMARTS) is 1. The summed E-state index contributed by atoms with van der Waals surface area (Å²) in [5, 5.41) is 12.1. The van der Waals surface area contributed by atoms with Gasteiger partial charge in [0.2, 0.25) is 0 Å². The van der Waals surface area contributed by atoms with Gasteiger partial charge < -0.3 is 19.9 Å². The van der Waals surface area contributed by atoms with Crippen molar-refractivity contribution in [1.82, 2.24) is 0 Å². The third-order valence-electron chi connectivity index (χ3n) is 3.08. The van der Waals surface area contributed by atoms with Crippen LogP contribution in [0.5, 0.6) is 11.5 Å². The molecule has 0 spiro atoms. The summed E-state index contributed by atoms with van der Waals surface area (Å²) in [6.07, 6.45) is 0. The van der Waals surface area contributed by atoms with Gasteiger partial charge in [-0.15, -0.1) is 0 Å². The van der Waals surface area contributed by atoms with Crippen molar-refractivity contribution < 1.29 is 19.4 Å². The van der Waals surface area contributed by atoms with E-state index >= 15 is 0 Å². The summed E-state index contributed by atoms with van der Waals surface area (Å²) < 4.78 is 10.4. The predicted molar refractivity (Wildman–Crippen MR) is 103 cm³/mol. The van der Waals surface area contributed by atoms with Crippen LogP contribution in [-0.4, -0.2) is 25.3 Å². The lowest BCUT2D eigenvalue weighted by Crippen LogP contribution is -2.01. The minimum Gasteiger partial charge on any atom is -0.493 e. The summed E-state index contributed by atoms with van der Waals surface area (Å²) in [5.41, 5.74) is 2.18. The summed E-state index contributed by atoms with van der Waals surface area (Å²) in [4.78, 5) is 10.8. The standard InChI is InChI=1S/C16H17NO4.2C2H6/c1-20-14-8-7-13(9-15(14)21-2)17-10-11-3-5-12(6-4-11)16(18)19;2*1-2/h3-9,17H,10H2,1-2H3,(H,18,19);2*1-2H3. The van der Waals surface area contributed by atoms with E-state index in [4.69, 9.17) is 14.6 Å². The fourth-order valence-corrected chi connectivity index (χ4v) is 1.92. The van der Waals surface area contributed by atoms with Gasteiger partial charge in [-0.05, 0) is 29.8 Å². The van der Waals surface area contributed by atoms with E-state index in [0.717, 1.165) is 11.3 Å². The maximum atomic E-state index is 10.8. The molecular weight excluding hydrogens is 318 g/mol. The van der Waals surface area contributed by atoms with Gasteiger partial charge in [-0.3, -0.25) is 0 Å². The lowest BCUT2D eigenvalue weighted by Gasteiger charge is -2.11. The molecule has 0 saturated carbocycles. The molecule has 0 radical (unpaired) electrons. The zero-order valence-corrected chi connectivity index (χ0v) is 15.9. The highest BCUT2D eigenvalue weighted by Crippen LogP contribution is 2.29. The molecule has 2 rings (SSSR count). The van der Waals surface area contributed by atoms with Gasteiger partial charge in [0.1, 0.15) is 0 Å². The summed E-state index contributed by atoms with van der Waals surface area (Å²) in [6.45, 7) is 8.59. The summed E-state index contributed by atoms with van der Waals surface area (Å²) in [7, 11) is 3.18. The van der Waals surface area contributed by atoms with Crippen molar-refractivity contribution in [3.05, 3.63) is 53.6 Å². The first-order chi connectivity index (χ1) is 12.1. The number of methoxy groups -OCH3 is 2. The van der Waals surface area contributed by atoms with Gasteiger partial charge in [-0.1, -0.05) is 39.8 Å². The Morgan fingerprint density at radius 1 is 0.920 bits per heavy atom. The van der Waals surface area contributed by atoms with Crippen molar-refractivity contribution in [3.63, 3.8) is 0 Å². The number of anilines is 1. The number of hydrogen-bond donors (Lipinski definition) is 2. The highest BCUT2D eigenvalue weighted by Gasteiger charge is 2.05. The highest BCUT2D eigenvalue weighted by atomic mass is 16.5. The molecule has 2 aromatic rings. The monoisotopic (exact) mass is 347 g/mol. The van der Waals surface area contributed by atoms with Crippen LogP contribution >= 0.6 is 0 Å². The largest absolute Gasteiger partial charge is 0.493 e. The van der Waals surface area contributed by atoms with Crippen molar-refractivity contribution in [2.24, 2.45) is 0 Å². The number of hydrogen-bond acceptors (Lipinski definition) is 4. The van der Waals surface area contributed by atoms with Crippen LogP contribution in [-0.2, 0) is 6.54 Å². The number of benzene rings is 2. The molecule has 2 aromatic carbocycles. The molecule has 5 nitrogen and oxygen atoms in total. The van der Waals surface area contributed by atoms with Crippen molar-refractivity contribution in [1.29, 1.82) is 0 Å². The number of aromatic carboxylic acids is 1. The van der Waals surface area contributed by atoms with Gasteiger partial charge in [0.05, 0.1) is 19.8 Å². The molecule has 0 heterocycles. The first-order valence-electron chi connectivity index (χ1n) is 8.42. The number of nitrogens with one attached hydrogen (secondary N) is 1. The molecule has 5 heteroatoms. The van der Waals surface area contributed by atoms with Crippen LogP contribution < -0.4 is 14.8 Å². The third kappa shape index (κ3) is 7.16. The topological polar surface area (TPSA) is 67.8 Å². The van der Waals surface area contributed by atoms with Crippen molar-refractivity contribution >= 4 is 11.7 Å². The van der Waals surface area contributed by atoms with E-state index in [1.54, 1.807) is 38.5 Å². The van der Waals surface area contributed by atoms with Gasteiger partial charge in [0.15, 0.2) is 11.5 Å². The molecule has 138 valence electrons. The van der Waals surface area contributed by atoms with E-state index in [0.29, 0.717) is 18.0 Å². The van der Waals surface area contributed by atoms with E-state index in [-0.39, 0.29) is 5.56 Å². The Bertz CT molecular complexity index is 624. The summed E-state index contributed by atoms with van der Waals surface area (Å²) in [6, 6.07) is 12.3. The van der Waals surface area contributed by atoms with Gasteiger partial charge in [0, 0.05) is 18.3 Å². The zero-order chi connectivity index (χ0) is 19.2. The van der Waals surface area contributed by atoms with Gasteiger partial charge in [0.25, 0.3) is 0 Å². The van der Waals surface area contributed by atoms with Crippen molar-refractivity contribution in [2.45, 2.75) is 34.2 Å². The molecule has 0 saturated heterocycles. The molecule has 0 unspecified atom stereocenters. The van der Waals surface area contributed by atoms with Crippen LogP contribution in [0.1, 0.15) is 43.6 Å². The first kappa shape index (κ1) is 22.3. The fourth-order valence-electron chi connectivity index (χ4n) is 1.92. The van der Waals surface area contributed by atoms with E-state index < -0.39 is 5.97 Å². The molecule has 0 aliphatic rings. The normalized spacial score (nSPS) is 8.88. The van der Waals surface area contributed by atoms with E-state index in [2.05, 4.69) is 5.32 Å². The molecular formula is C20H29NO4. The van der Waals surface area contributed by atoms with Crippen molar-refractivity contribution in [2.75, 3.05) is 19.5 Å². The maximum absolute atomic E-state index is 10.8. The smallest absolute Gasteiger partial charge is 0.335 e. The molecule has 0 fully saturated rings. The second-order valence-electron chi connectivity index (χ2n) is 4.43. The van der Waals surface area contributed by atoms with E-state index in [1.165, 1.54) is 0 Å². The molecule has 0 aromatic heterocycles. The number of rotatable bonds is 6. The number of carboxylic acids is 1. The average Bonchev–Trinajstić information content (AvgIpc) is 2.69. The van der Waals surface area contributed by atoms with Gasteiger partial charge in [-0.25, -0.2) is 4.79 Å². The minimum absolute atomic E-state index is 0.282. The quantitative estimate of drug-likeness (QED) is 0.764. The Morgan fingerprint density at radius 3 is 1.96 bits per heavy atom. The highest BCUT2D eigenvalue weighted by molar-refractivity contribution is 5.87. The average molecular weight is 347 g/mol. The van der Waals surface area contributed by atoms with Crippen LogP contribution in [0.25, 0.3) is 0 Å². The summed E-state index contributed by atoms with van der Waals surface area (Å²) in [5.74, 6) is 0.409. The first-order valence-corrected chi connectivity index (χ1v) is 8.42. The second-order valence-corrected chi connectivity index (χ2v) is 4.43. The number of carbonyl (C=O) groups is 1. The molecule has 0 bridgehead atoms. The van der Waals surface area contributed by atoms with Crippen LogP contribution in [0.15, 0.2) is 42.5 Å². The Morgan fingerprint density at radius 2 is 1.48 bits per heavy atom. The van der Waals surface area contributed by atoms with Crippen LogP contribution in [0.4, 0.5) is 5.69 Å². The van der Waals surface area contributed by atoms with Gasteiger partial charge >= 0.3 is 5.97 Å². The predicted octanol–water partition coefficient (Wildman–Crippen LogP) is 5.07.